The van der Waals surface area contributed by atoms with Gasteiger partial charge in [-0.2, -0.15) is 0 Å². The number of rotatable bonds is 1. The Bertz CT molecular complexity index is 134. The van der Waals surface area contributed by atoms with Crippen molar-refractivity contribution in [3.63, 3.8) is 0 Å². The monoisotopic (exact) mass is 202 g/mol. The quantitative estimate of drug-likeness (QED) is 0.535. The lowest BCUT2D eigenvalue weighted by molar-refractivity contribution is -0.141. The second kappa shape index (κ2) is 5.60. The number of nitrogens with one attached hydrogen (secondary N) is 1. The first kappa shape index (κ1) is 13.6. The second-order valence-corrected chi connectivity index (χ2v) is 2.27. The lowest BCUT2D eigenvalue weighted by atomic mass is 10.1. The predicted octanol–water partition coefficient (Wildman–Crippen LogP) is -0.539. The molecule has 1 saturated heterocycles. The summed E-state index contributed by atoms with van der Waals surface area (Å²) in [5.41, 5.74) is 5.44. The third-order valence-corrected chi connectivity index (χ3v) is 1.58. The molecule has 0 bridgehead atoms. The molecule has 0 aliphatic carbocycles. The molecule has 0 amide bonds. The van der Waals surface area contributed by atoms with Crippen molar-refractivity contribution in [2.24, 2.45) is 11.7 Å². The number of aliphatic carboxylic acids is 1. The molecule has 1 heterocycles. The van der Waals surface area contributed by atoms with Gasteiger partial charge in [-0.1, -0.05) is 0 Å². The average Bonchev–Trinajstić information content (AvgIpc) is 2.13. The lowest BCUT2D eigenvalue weighted by Gasteiger charge is -2.06. The van der Waals surface area contributed by atoms with Crippen LogP contribution in [0, 0.1) is 5.92 Å². The molecular formula is C5H12Cl2N2O2. The van der Waals surface area contributed by atoms with Crippen LogP contribution < -0.4 is 11.1 Å². The highest BCUT2D eigenvalue weighted by molar-refractivity contribution is 5.85. The van der Waals surface area contributed by atoms with Crippen LogP contribution in [0.2, 0.25) is 0 Å². The van der Waals surface area contributed by atoms with Crippen LogP contribution in [0.15, 0.2) is 0 Å². The predicted molar refractivity (Wildman–Crippen MR) is 46.5 cm³/mol. The number of hydrogen-bond donors (Lipinski definition) is 3. The van der Waals surface area contributed by atoms with Gasteiger partial charge in [-0.05, 0) is 0 Å². The van der Waals surface area contributed by atoms with Crippen LogP contribution in [0.5, 0.6) is 0 Å². The Labute approximate surface area is 77.3 Å². The zero-order valence-corrected chi connectivity index (χ0v) is 7.45. The first-order valence-electron chi connectivity index (χ1n) is 2.91. The van der Waals surface area contributed by atoms with Crippen LogP contribution in [0.4, 0.5) is 0 Å². The fraction of sp³-hybridized carbons (Fsp3) is 0.800. The van der Waals surface area contributed by atoms with Crippen molar-refractivity contribution >= 4 is 30.8 Å². The van der Waals surface area contributed by atoms with E-state index in [4.69, 9.17) is 10.8 Å². The van der Waals surface area contributed by atoms with Crippen LogP contribution in [0.3, 0.4) is 0 Å². The Morgan fingerprint density at radius 2 is 2.00 bits per heavy atom. The Hall–Kier alpha value is -0.0300. The Morgan fingerprint density at radius 1 is 1.45 bits per heavy atom. The van der Waals surface area contributed by atoms with Gasteiger partial charge in [-0.25, -0.2) is 0 Å². The summed E-state index contributed by atoms with van der Waals surface area (Å²) >= 11 is 0. The number of halogens is 2. The number of carboxylic acid groups (broad SMARTS) is 1. The van der Waals surface area contributed by atoms with Gasteiger partial charge in [-0.15, -0.1) is 24.8 Å². The summed E-state index contributed by atoms with van der Waals surface area (Å²) in [6.07, 6.45) is 0. The van der Waals surface area contributed by atoms with E-state index in [2.05, 4.69) is 5.32 Å². The standard InChI is InChI=1S/C5H10N2O2.2ClH/c6-4-2-7-1-3(4)5(8)9;;/h3-4,7H,1-2,6H2,(H,8,9);2*1H/t3-,4+;;/m1../s1. The minimum absolute atomic E-state index is 0. The first-order chi connectivity index (χ1) is 4.22. The molecule has 0 aromatic carbocycles. The van der Waals surface area contributed by atoms with Gasteiger partial charge in [-0.3, -0.25) is 4.79 Å². The van der Waals surface area contributed by atoms with Crippen LogP contribution in [-0.4, -0.2) is 30.2 Å². The highest BCUT2D eigenvalue weighted by atomic mass is 35.5. The second-order valence-electron chi connectivity index (χ2n) is 2.27. The summed E-state index contributed by atoms with van der Waals surface area (Å²) in [5.74, 6) is -1.18. The molecule has 68 valence electrons. The van der Waals surface area contributed by atoms with Crippen molar-refractivity contribution in [2.75, 3.05) is 13.1 Å². The van der Waals surface area contributed by atoms with Crippen molar-refractivity contribution in [3.8, 4) is 0 Å². The molecule has 2 atom stereocenters. The van der Waals surface area contributed by atoms with E-state index in [1.54, 1.807) is 0 Å². The molecule has 1 rings (SSSR count). The Balaban J connectivity index is 0. The van der Waals surface area contributed by atoms with Gasteiger partial charge in [0.2, 0.25) is 0 Å². The van der Waals surface area contributed by atoms with Gasteiger partial charge >= 0.3 is 5.97 Å². The van der Waals surface area contributed by atoms with E-state index in [9.17, 15) is 4.79 Å². The molecule has 0 spiro atoms. The van der Waals surface area contributed by atoms with Crippen molar-refractivity contribution in [2.45, 2.75) is 6.04 Å². The van der Waals surface area contributed by atoms with Gasteiger partial charge in [0.15, 0.2) is 0 Å². The van der Waals surface area contributed by atoms with Gasteiger partial charge in [0.25, 0.3) is 0 Å². The number of carboxylic acids is 1. The van der Waals surface area contributed by atoms with E-state index < -0.39 is 5.97 Å². The largest absolute Gasteiger partial charge is 0.481 e. The van der Waals surface area contributed by atoms with Gasteiger partial charge in [0.1, 0.15) is 0 Å². The van der Waals surface area contributed by atoms with Crippen molar-refractivity contribution in [1.82, 2.24) is 5.32 Å². The smallest absolute Gasteiger partial charge is 0.309 e. The highest BCUT2D eigenvalue weighted by Gasteiger charge is 2.29. The number of carbonyl (C=O) groups is 1. The summed E-state index contributed by atoms with van der Waals surface area (Å²) in [4.78, 5) is 10.3. The van der Waals surface area contributed by atoms with Crippen molar-refractivity contribution in [1.29, 1.82) is 0 Å². The summed E-state index contributed by atoms with van der Waals surface area (Å²) in [5, 5.41) is 11.4. The number of nitrogens with two attached hydrogens (primary N) is 1. The molecule has 4 nitrogen and oxygen atoms in total. The lowest BCUT2D eigenvalue weighted by Crippen LogP contribution is -2.33. The van der Waals surface area contributed by atoms with E-state index >= 15 is 0 Å². The summed E-state index contributed by atoms with van der Waals surface area (Å²) in [6.45, 7) is 1.13. The van der Waals surface area contributed by atoms with E-state index in [0.717, 1.165) is 0 Å². The topological polar surface area (TPSA) is 75.3 Å². The fourth-order valence-corrected chi connectivity index (χ4v) is 0.970. The van der Waals surface area contributed by atoms with Crippen molar-refractivity contribution in [3.05, 3.63) is 0 Å². The van der Waals surface area contributed by atoms with E-state index in [1.807, 2.05) is 0 Å². The van der Waals surface area contributed by atoms with Crippen LogP contribution in [0.1, 0.15) is 0 Å². The molecule has 1 aliphatic heterocycles. The third-order valence-electron chi connectivity index (χ3n) is 1.58. The molecule has 0 unspecified atom stereocenters. The molecule has 0 aromatic heterocycles. The molecule has 11 heavy (non-hydrogen) atoms. The molecule has 0 saturated carbocycles. The molecule has 1 fully saturated rings. The third kappa shape index (κ3) is 3.25. The molecular weight excluding hydrogens is 191 g/mol. The zero-order chi connectivity index (χ0) is 6.85. The van der Waals surface area contributed by atoms with E-state index in [0.29, 0.717) is 13.1 Å². The van der Waals surface area contributed by atoms with Gasteiger partial charge < -0.3 is 16.2 Å². The average molecular weight is 203 g/mol. The molecule has 0 aromatic rings. The zero-order valence-electron chi connectivity index (χ0n) is 5.82. The molecule has 6 heteroatoms. The van der Waals surface area contributed by atoms with E-state index in [1.165, 1.54) is 0 Å². The molecule has 4 N–H and O–H groups in total. The van der Waals surface area contributed by atoms with E-state index in [-0.39, 0.29) is 36.8 Å². The summed E-state index contributed by atoms with van der Waals surface area (Å²) in [6, 6.07) is -0.206. The SMILES string of the molecule is Cl.Cl.N[C@H]1CNC[C@H]1C(=O)O. The molecule has 1 aliphatic rings. The van der Waals surface area contributed by atoms with Crippen LogP contribution in [0.25, 0.3) is 0 Å². The number of hydrogen-bond acceptors (Lipinski definition) is 3. The van der Waals surface area contributed by atoms with Crippen LogP contribution in [-0.2, 0) is 4.79 Å². The molecule has 0 radical (unpaired) electrons. The highest BCUT2D eigenvalue weighted by Crippen LogP contribution is 2.05. The minimum atomic E-state index is -0.799. The maximum atomic E-state index is 10.3. The normalized spacial score (nSPS) is 28.5. The van der Waals surface area contributed by atoms with Gasteiger partial charge in [0.05, 0.1) is 5.92 Å². The summed E-state index contributed by atoms with van der Waals surface area (Å²) < 4.78 is 0. The Kier molecular flexibility index (Phi) is 6.90. The minimum Gasteiger partial charge on any atom is -0.481 e. The summed E-state index contributed by atoms with van der Waals surface area (Å²) in [7, 11) is 0. The van der Waals surface area contributed by atoms with Crippen molar-refractivity contribution < 1.29 is 9.90 Å². The Morgan fingerprint density at radius 3 is 2.18 bits per heavy atom. The maximum absolute atomic E-state index is 10.3. The maximum Gasteiger partial charge on any atom is 0.309 e. The fourth-order valence-electron chi connectivity index (χ4n) is 0.970. The van der Waals surface area contributed by atoms with Gasteiger partial charge in [0, 0.05) is 19.1 Å². The first-order valence-corrected chi connectivity index (χ1v) is 2.91. The van der Waals surface area contributed by atoms with Crippen LogP contribution >= 0.6 is 24.8 Å².